The largest absolute Gasteiger partial charge is 0.478 e. The van der Waals surface area contributed by atoms with Gasteiger partial charge in [0.2, 0.25) is 0 Å². The number of rotatable bonds is 4. The third-order valence-corrected chi connectivity index (χ3v) is 4.54. The first-order valence-corrected chi connectivity index (χ1v) is 8.51. The third kappa shape index (κ3) is 3.99. The van der Waals surface area contributed by atoms with Crippen molar-refractivity contribution < 1.29 is 13.9 Å². The van der Waals surface area contributed by atoms with Crippen molar-refractivity contribution in [3.63, 3.8) is 0 Å². The molecule has 0 bridgehead atoms. The maximum absolute atomic E-state index is 13.8. The fourth-order valence-electron chi connectivity index (χ4n) is 3.16. The van der Waals surface area contributed by atoms with Crippen LogP contribution in [0.3, 0.4) is 0 Å². The van der Waals surface area contributed by atoms with E-state index in [0.717, 1.165) is 18.7 Å². The SMILES string of the molecule is C[C@H](Oc1ccccc1F)C(=O)N1CCN(C)C[C@@H]1c1ccccc1. The van der Waals surface area contributed by atoms with Gasteiger partial charge in [0, 0.05) is 19.6 Å². The minimum Gasteiger partial charge on any atom is -0.478 e. The molecule has 1 aliphatic rings. The van der Waals surface area contributed by atoms with E-state index in [4.69, 9.17) is 4.74 Å². The normalized spacial score (nSPS) is 19.5. The molecule has 0 N–H and O–H groups in total. The number of likely N-dealkylation sites (N-methyl/N-ethyl adjacent to an activating group) is 1. The van der Waals surface area contributed by atoms with E-state index in [1.807, 2.05) is 35.2 Å². The molecule has 1 fully saturated rings. The second kappa shape index (κ2) is 7.66. The van der Waals surface area contributed by atoms with E-state index in [9.17, 15) is 9.18 Å². The fraction of sp³-hybridized carbons (Fsp3) is 0.350. The molecule has 0 spiro atoms. The molecule has 0 unspecified atom stereocenters. The van der Waals surface area contributed by atoms with Gasteiger partial charge in [0.25, 0.3) is 5.91 Å². The van der Waals surface area contributed by atoms with Gasteiger partial charge in [-0.05, 0) is 31.7 Å². The lowest BCUT2D eigenvalue weighted by atomic mass is 10.0. The summed E-state index contributed by atoms with van der Waals surface area (Å²) in [5, 5.41) is 0. The number of para-hydroxylation sites is 1. The number of halogens is 1. The monoisotopic (exact) mass is 342 g/mol. The van der Waals surface area contributed by atoms with E-state index in [0.29, 0.717) is 6.54 Å². The zero-order chi connectivity index (χ0) is 17.8. The maximum Gasteiger partial charge on any atom is 0.263 e. The smallest absolute Gasteiger partial charge is 0.263 e. The quantitative estimate of drug-likeness (QED) is 0.856. The first-order chi connectivity index (χ1) is 12.1. The molecule has 1 amide bonds. The minimum absolute atomic E-state index is 0.0286. The van der Waals surface area contributed by atoms with Crippen LogP contribution in [0.15, 0.2) is 54.6 Å². The number of piperazine rings is 1. The van der Waals surface area contributed by atoms with Gasteiger partial charge in [-0.1, -0.05) is 42.5 Å². The van der Waals surface area contributed by atoms with Crippen LogP contribution in [0.5, 0.6) is 5.75 Å². The van der Waals surface area contributed by atoms with Gasteiger partial charge in [0.15, 0.2) is 17.7 Å². The summed E-state index contributed by atoms with van der Waals surface area (Å²) in [7, 11) is 2.05. The van der Waals surface area contributed by atoms with Crippen molar-refractivity contribution in [3.8, 4) is 5.75 Å². The highest BCUT2D eigenvalue weighted by Crippen LogP contribution is 2.26. The average Bonchev–Trinajstić information content (AvgIpc) is 2.63. The molecule has 0 aromatic heterocycles. The predicted octanol–water partition coefficient (Wildman–Crippen LogP) is 3.11. The molecule has 4 nitrogen and oxygen atoms in total. The standard InChI is InChI=1S/C20H23FN2O2/c1-15(25-19-11-7-6-10-17(19)21)20(24)23-13-12-22(2)14-18(23)16-8-4-3-5-9-16/h3-11,15,18H,12-14H2,1-2H3/t15-,18+/m0/s1. The van der Waals surface area contributed by atoms with Crippen LogP contribution in [0.1, 0.15) is 18.5 Å². The number of amides is 1. The molecular formula is C20H23FN2O2. The summed E-state index contributed by atoms with van der Waals surface area (Å²) in [4.78, 5) is 17.0. The van der Waals surface area contributed by atoms with Crippen LogP contribution in [0, 0.1) is 5.82 Å². The molecule has 0 saturated carbocycles. The summed E-state index contributed by atoms with van der Waals surface area (Å²) in [6.45, 7) is 3.87. The van der Waals surface area contributed by atoms with Gasteiger partial charge in [-0.15, -0.1) is 0 Å². The maximum atomic E-state index is 13.8. The Hall–Kier alpha value is -2.40. The molecule has 25 heavy (non-hydrogen) atoms. The molecule has 2 aromatic rings. The Bertz CT molecular complexity index is 723. The Morgan fingerprint density at radius 3 is 2.52 bits per heavy atom. The molecule has 132 valence electrons. The van der Waals surface area contributed by atoms with Crippen LogP contribution in [-0.4, -0.2) is 48.5 Å². The molecule has 0 radical (unpaired) electrons. The molecule has 2 aromatic carbocycles. The summed E-state index contributed by atoms with van der Waals surface area (Å²) in [5.41, 5.74) is 1.10. The van der Waals surface area contributed by atoms with Crippen molar-refractivity contribution in [3.05, 3.63) is 66.0 Å². The fourth-order valence-corrected chi connectivity index (χ4v) is 3.16. The second-order valence-electron chi connectivity index (χ2n) is 6.41. The highest BCUT2D eigenvalue weighted by Gasteiger charge is 2.33. The van der Waals surface area contributed by atoms with Gasteiger partial charge in [-0.3, -0.25) is 4.79 Å². The van der Waals surface area contributed by atoms with E-state index in [1.165, 1.54) is 12.1 Å². The van der Waals surface area contributed by atoms with Gasteiger partial charge in [-0.25, -0.2) is 4.39 Å². The van der Waals surface area contributed by atoms with E-state index in [-0.39, 0.29) is 17.7 Å². The first kappa shape index (κ1) is 17.4. The molecule has 1 heterocycles. The van der Waals surface area contributed by atoms with Crippen molar-refractivity contribution in [1.82, 2.24) is 9.80 Å². The van der Waals surface area contributed by atoms with Gasteiger partial charge in [-0.2, -0.15) is 0 Å². The number of ether oxygens (including phenoxy) is 1. The zero-order valence-electron chi connectivity index (χ0n) is 14.6. The van der Waals surface area contributed by atoms with E-state index >= 15 is 0 Å². The lowest BCUT2D eigenvalue weighted by Gasteiger charge is -2.41. The molecular weight excluding hydrogens is 319 g/mol. The van der Waals surface area contributed by atoms with Gasteiger partial charge < -0.3 is 14.5 Å². The number of carbonyl (C=O) groups excluding carboxylic acids is 1. The lowest BCUT2D eigenvalue weighted by Crippen LogP contribution is -2.52. The van der Waals surface area contributed by atoms with Gasteiger partial charge in [0.1, 0.15) is 0 Å². The molecule has 0 aliphatic carbocycles. The highest BCUT2D eigenvalue weighted by atomic mass is 19.1. The first-order valence-electron chi connectivity index (χ1n) is 8.51. The van der Waals surface area contributed by atoms with Crippen LogP contribution >= 0.6 is 0 Å². The van der Waals surface area contributed by atoms with Crippen molar-refractivity contribution in [2.45, 2.75) is 19.1 Å². The Kier molecular flexibility index (Phi) is 5.34. The molecule has 1 aliphatic heterocycles. The molecule has 1 saturated heterocycles. The number of benzene rings is 2. The second-order valence-corrected chi connectivity index (χ2v) is 6.41. The van der Waals surface area contributed by atoms with Gasteiger partial charge in [0.05, 0.1) is 6.04 Å². The van der Waals surface area contributed by atoms with Gasteiger partial charge >= 0.3 is 0 Å². The van der Waals surface area contributed by atoms with Crippen molar-refractivity contribution in [2.75, 3.05) is 26.7 Å². The van der Waals surface area contributed by atoms with Crippen molar-refractivity contribution in [2.24, 2.45) is 0 Å². The zero-order valence-corrected chi connectivity index (χ0v) is 14.6. The molecule has 5 heteroatoms. The topological polar surface area (TPSA) is 32.8 Å². The number of hydrogen-bond donors (Lipinski definition) is 0. The predicted molar refractivity (Wildman–Crippen MR) is 94.9 cm³/mol. The van der Waals surface area contributed by atoms with E-state index < -0.39 is 11.9 Å². The van der Waals surface area contributed by atoms with Crippen LogP contribution in [-0.2, 0) is 4.79 Å². The van der Waals surface area contributed by atoms with Crippen LogP contribution in [0.2, 0.25) is 0 Å². The number of hydrogen-bond acceptors (Lipinski definition) is 3. The third-order valence-electron chi connectivity index (χ3n) is 4.54. The summed E-state index contributed by atoms with van der Waals surface area (Å²) in [5.74, 6) is -0.473. The number of nitrogens with zero attached hydrogens (tertiary/aromatic N) is 2. The Morgan fingerprint density at radius 1 is 1.12 bits per heavy atom. The average molecular weight is 342 g/mol. The van der Waals surface area contributed by atoms with Crippen LogP contribution in [0.4, 0.5) is 4.39 Å². The molecule has 2 atom stereocenters. The Balaban J connectivity index is 1.77. The molecule has 3 rings (SSSR count). The van der Waals surface area contributed by atoms with Crippen molar-refractivity contribution in [1.29, 1.82) is 0 Å². The lowest BCUT2D eigenvalue weighted by molar-refractivity contribution is -0.143. The van der Waals surface area contributed by atoms with E-state index in [2.05, 4.69) is 11.9 Å². The number of carbonyl (C=O) groups is 1. The van der Waals surface area contributed by atoms with Crippen molar-refractivity contribution >= 4 is 5.91 Å². The van der Waals surface area contributed by atoms with E-state index in [1.54, 1.807) is 19.1 Å². The summed E-state index contributed by atoms with van der Waals surface area (Å²) in [6.07, 6.45) is -0.744. The Morgan fingerprint density at radius 2 is 1.80 bits per heavy atom. The highest BCUT2D eigenvalue weighted by molar-refractivity contribution is 5.81. The minimum atomic E-state index is -0.744. The summed E-state index contributed by atoms with van der Waals surface area (Å²) >= 11 is 0. The van der Waals surface area contributed by atoms with Crippen LogP contribution < -0.4 is 4.74 Å². The summed E-state index contributed by atoms with van der Waals surface area (Å²) < 4.78 is 19.4. The van der Waals surface area contributed by atoms with Crippen LogP contribution in [0.25, 0.3) is 0 Å². The summed E-state index contributed by atoms with van der Waals surface area (Å²) in [6, 6.07) is 16.1. The Labute approximate surface area is 147 Å².